The van der Waals surface area contributed by atoms with Crippen LogP contribution >= 0.6 is 0 Å². The van der Waals surface area contributed by atoms with Gasteiger partial charge in [-0.2, -0.15) is 0 Å². The van der Waals surface area contributed by atoms with Crippen molar-refractivity contribution < 1.29 is 17.2 Å². The lowest BCUT2D eigenvalue weighted by atomic mass is 9.86. The molecule has 0 spiro atoms. The maximum absolute atomic E-state index is 13.8. The van der Waals surface area contributed by atoms with Gasteiger partial charge in [-0.1, -0.05) is 13.0 Å². The Labute approximate surface area is 124 Å². The van der Waals surface area contributed by atoms with E-state index in [1.807, 2.05) is 6.92 Å². The van der Waals surface area contributed by atoms with Crippen LogP contribution in [0.3, 0.4) is 0 Å². The van der Waals surface area contributed by atoms with Gasteiger partial charge in [-0.25, -0.2) is 17.2 Å². The molecule has 1 fully saturated rings. The molecule has 1 aromatic carbocycles. The van der Waals surface area contributed by atoms with Crippen molar-refractivity contribution in [1.82, 2.24) is 5.32 Å². The number of rotatable bonds is 6. The largest absolute Gasteiger partial charge is 0.317 e. The van der Waals surface area contributed by atoms with Crippen molar-refractivity contribution in [2.24, 2.45) is 11.8 Å². The Kier molecular flexibility index (Phi) is 5.32. The summed E-state index contributed by atoms with van der Waals surface area (Å²) in [6, 6.07) is 3.83. The molecular weight excluding hydrogens is 296 g/mol. The van der Waals surface area contributed by atoms with Crippen molar-refractivity contribution in [3.63, 3.8) is 0 Å². The summed E-state index contributed by atoms with van der Waals surface area (Å²) < 4.78 is 50.9. The topological polar surface area (TPSA) is 46.2 Å². The lowest BCUT2D eigenvalue weighted by Gasteiger charge is -2.23. The second-order valence-corrected chi connectivity index (χ2v) is 7.86. The molecule has 6 heteroatoms. The first kappa shape index (κ1) is 16.4. The van der Waals surface area contributed by atoms with Crippen molar-refractivity contribution in [3.05, 3.63) is 35.4 Å². The van der Waals surface area contributed by atoms with E-state index in [2.05, 4.69) is 5.32 Å². The monoisotopic (exact) mass is 317 g/mol. The van der Waals surface area contributed by atoms with Crippen molar-refractivity contribution >= 4 is 9.84 Å². The number of halogens is 2. The van der Waals surface area contributed by atoms with Gasteiger partial charge in [0.05, 0.1) is 11.5 Å². The van der Waals surface area contributed by atoms with E-state index in [9.17, 15) is 17.2 Å². The molecule has 21 heavy (non-hydrogen) atoms. The lowest BCUT2D eigenvalue weighted by molar-refractivity contribution is 0.338. The molecule has 2 atom stereocenters. The molecule has 2 rings (SSSR count). The fourth-order valence-electron chi connectivity index (χ4n) is 2.92. The van der Waals surface area contributed by atoms with Crippen LogP contribution in [0.5, 0.6) is 0 Å². The molecule has 1 N–H and O–H groups in total. The summed E-state index contributed by atoms with van der Waals surface area (Å²) in [7, 11) is -2.99. The zero-order valence-electron chi connectivity index (χ0n) is 12.1. The Morgan fingerprint density at radius 3 is 2.52 bits per heavy atom. The van der Waals surface area contributed by atoms with Gasteiger partial charge in [-0.05, 0) is 49.9 Å². The normalized spacial score (nSPS) is 22.3. The van der Waals surface area contributed by atoms with Crippen LogP contribution in [0.1, 0.15) is 18.9 Å². The second kappa shape index (κ2) is 6.83. The summed E-state index contributed by atoms with van der Waals surface area (Å²) in [5.74, 6) is -0.921. The van der Waals surface area contributed by atoms with Crippen molar-refractivity contribution in [2.45, 2.75) is 19.8 Å². The first-order valence-corrected chi connectivity index (χ1v) is 9.09. The highest BCUT2D eigenvalue weighted by Crippen LogP contribution is 2.29. The molecule has 1 aliphatic heterocycles. The van der Waals surface area contributed by atoms with E-state index in [4.69, 9.17) is 0 Å². The van der Waals surface area contributed by atoms with E-state index in [0.717, 1.165) is 6.54 Å². The van der Waals surface area contributed by atoms with Gasteiger partial charge >= 0.3 is 0 Å². The molecule has 0 amide bonds. The highest BCUT2D eigenvalue weighted by Gasteiger charge is 2.34. The Balaban J connectivity index is 2.17. The molecule has 0 radical (unpaired) electrons. The minimum atomic E-state index is -2.99. The number of hydrogen-bond donors (Lipinski definition) is 1. The van der Waals surface area contributed by atoms with Gasteiger partial charge < -0.3 is 5.32 Å². The van der Waals surface area contributed by atoms with E-state index in [0.29, 0.717) is 13.0 Å². The first-order valence-electron chi connectivity index (χ1n) is 7.27. The standard InChI is InChI=1S/C15H21F2NO2S/c1-2-18-9-12(11-6-7-21(19,20)10-11)8-13-14(16)4-3-5-15(13)17/h3-5,11-12,18H,2,6-10H2,1H3. The maximum atomic E-state index is 13.8. The SMILES string of the molecule is CCNCC(Cc1c(F)cccc1F)C1CCS(=O)(=O)C1. The number of nitrogens with one attached hydrogen (secondary N) is 1. The van der Waals surface area contributed by atoms with Crippen LogP contribution < -0.4 is 5.32 Å². The van der Waals surface area contributed by atoms with Gasteiger partial charge in [0, 0.05) is 5.56 Å². The Hall–Kier alpha value is -1.01. The predicted molar refractivity (Wildman–Crippen MR) is 78.9 cm³/mol. The third-order valence-corrected chi connectivity index (χ3v) is 5.91. The van der Waals surface area contributed by atoms with E-state index < -0.39 is 21.5 Å². The van der Waals surface area contributed by atoms with Crippen LogP contribution in [0.15, 0.2) is 18.2 Å². The molecule has 1 aromatic rings. The third kappa shape index (κ3) is 4.23. The molecule has 3 nitrogen and oxygen atoms in total. The van der Waals surface area contributed by atoms with Gasteiger partial charge in [0.1, 0.15) is 11.6 Å². The van der Waals surface area contributed by atoms with Gasteiger partial charge in [0.15, 0.2) is 9.84 Å². The average molecular weight is 317 g/mol. The summed E-state index contributed by atoms with van der Waals surface area (Å²) in [5, 5.41) is 3.17. The van der Waals surface area contributed by atoms with Crippen LogP contribution in [0.4, 0.5) is 8.78 Å². The molecule has 118 valence electrons. The summed E-state index contributed by atoms with van der Waals surface area (Å²) in [6.07, 6.45) is 0.806. The smallest absolute Gasteiger partial charge is 0.150 e. The van der Waals surface area contributed by atoms with Crippen molar-refractivity contribution in [3.8, 4) is 0 Å². The van der Waals surface area contributed by atoms with Crippen molar-refractivity contribution in [1.29, 1.82) is 0 Å². The number of benzene rings is 1. The van der Waals surface area contributed by atoms with Gasteiger partial charge in [0.25, 0.3) is 0 Å². The van der Waals surface area contributed by atoms with E-state index in [-0.39, 0.29) is 35.3 Å². The second-order valence-electron chi connectivity index (χ2n) is 5.64. The summed E-state index contributed by atoms with van der Waals surface area (Å²) >= 11 is 0. The van der Waals surface area contributed by atoms with E-state index >= 15 is 0 Å². The molecule has 2 unspecified atom stereocenters. The zero-order chi connectivity index (χ0) is 15.5. The fourth-order valence-corrected chi connectivity index (χ4v) is 4.84. The summed E-state index contributed by atoms with van der Waals surface area (Å²) in [4.78, 5) is 0. The minimum absolute atomic E-state index is 0.0342. The van der Waals surface area contributed by atoms with Crippen LogP contribution in [0.25, 0.3) is 0 Å². The van der Waals surface area contributed by atoms with Crippen LogP contribution in [-0.4, -0.2) is 33.0 Å². The first-order chi connectivity index (χ1) is 9.93. The fraction of sp³-hybridized carbons (Fsp3) is 0.600. The highest BCUT2D eigenvalue weighted by atomic mass is 32.2. The molecule has 0 bridgehead atoms. The molecule has 0 aromatic heterocycles. The zero-order valence-corrected chi connectivity index (χ0v) is 12.9. The van der Waals surface area contributed by atoms with Crippen molar-refractivity contribution in [2.75, 3.05) is 24.6 Å². The molecular formula is C15H21F2NO2S. The Bertz CT molecular complexity index is 569. The average Bonchev–Trinajstić information content (AvgIpc) is 2.78. The van der Waals surface area contributed by atoms with Gasteiger partial charge in [-0.15, -0.1) is 0 Å². The predicted octanol–water partition coefficient (Wildman–Crippen LogP) is 2.17. The van der Waals surface area contributed by atoms with Crippen LogP contribution in [-0.2, 0) is 16.3 Å². The molecule has 1 heterocycles. The highest BCUT2D eigenvalue weighted by molar-refractivity contribution is 7.91. The molecule has 1 aliphatic rings. The maximum Gasteiger partial charge on any atom is 0.150 e. The van der Waals surface area contributed by atoms with Gasteiger partial charge in [-0.3, -0.25) is 0 Å². The summed E-state index contributed by atoms with van der Waals surface area (Å²) in [5.41, 5.74) is 0.0599. The number of sulfone groups is 1. The third-order valence-electron chi connectivity index (χ3n) is 4.12. The van der Waals surface area contributed by atoms with Crippen LogP contribution in [0.2, 0.25) is 0 Å². The van der Waals surface area contributed by atoms with Gasteiger partial charge in [0.2, 0.25) is 0 Å². The molecule has 1 saturated heterocycles. The number of hydrogen-bond acceptors (Lipinski definition) is 3. The summed E-state index contributed by atoms with van der Waals surface area (Å²) in [6.45, 7) is 3.27. The minimum Gasteiger partial charge on any atom is -0.317 e. The van der Waals surface area contributed by atoms with E-state index in [1.54, 1.807) is 0 Å². The van der Waals surface area contributed by atoms with E-state index in [1.165, 1.54) is 18.2 Å². The Morgan fingerprint density at radius 2 is 2.00 bits per heavy atom. The Morgan fingerprint density at radius 1 is 1.33 bits per heavy atom. The molecule has 0 aliphatic carbocycles. The molecule has 0 saturated carbocycles. The van der Waals surface area contributed by atoms with Crippen LogP contribution in [0, 0.1) is 23.5 Å². The quantitative estimate of drug-likeness (QED) is 0.875. The lowest BCUT2D eigenvalue weighted by Crippen LogP contribution is -2.31.